The number of hydrogen-bond donors (Lipinski definition) is 1. The molecule has 0 aliphatic heterocycles. The highest BCUT2D eigenvalue weighted by Crippen LogP contribution is 2.17. The molecular weight excluding hydrogens is 308 g/mol. The van der Waals surface area contributed by atoms with Crippen LogP contribution in [0.1, 0.15) is 11.1 Å². The second kappa shape index (κ2) is 6.22. The summed E-state index contributed by atoms with van der Waals surface area (Å²) in [7, 11) is -3.65. The van der Waals surface area contributed by atoms with Crippen LogP contribution in [0.4, 0.5) is 0 Å². The molecule has 0 unspecified atom stereocenters. The van der Waals surface area contributed by atoms with Crippen LogP contribution < -0.4 is 4.83 Å². The van der Waals surface area contributed by atoms with Crippen molar-refractivity contribution in [2.75, 3.05) is 0 Å². The lowest BCUT2D eigenvalue weighted by Crippen LogP contribution is -2.18. The molecule has 0 saturated heterocycles. The van der Waals surface area contributed by atoms with Gasteiger partial charge in [-0.25, -0.2) is 4.83 Å². The van der Waals surface area contributed by atoms with Gasteiger partial charge in [0.05, 0.1) is 11.1 Å². The SMILES string of the molecule is Cc1ccc(S(=O)(=O)N/N=C/c2cccc3ccccc23)cc1. The van der Waals surface area contributed by atoms with E-state index in [9.17, 15) is 8.42 Å². The second-order valence-corrected chi connectivity index (χ2v) is 6.90. The van der Waals surface area contributed by atoms with E-state index >= 15 is 0 Å². The van der Waals surface area contributed by atoms with Gasteiger partial charge in [-0.1, -0.05) is 60.2 Å². The van der Waals surface area contributed by atoms with Crippen LogP contribution in [-0.2, 0) is 10.0 Å². The number of hydrazone groups is 1. The van der Waals surface area contributed by atoms with Crippen LogP contribution in [0.15, 0.2) is 76.7 Å². The molecule has 3 aromatic carbocycles. The Morgan fingerprint density at radius 1 is 0.913 bits per heavy atom. The van der Waals surface area contributed by atoms with Gasteiger partial charge in [-0.15, -0.1) is 0 Å². The van der Waals surface area contributed by atoms with Crippen LogP contribution in [0.2, 0.25) is 0 Å². The van der Waals surface area contributed by atoms with Crippen molar-refractivity contribution in [3.8, 4) is 0 Å². The van der Waals surface area contributed by atoms with Crippen LogP contribution >= 0.6 is 0 Å². The minimum Gasteiger partial charge on any atom is -0.200 e. The summed E-state index contributed by atoms with van der Waals surface area (Å²) in [4.78, 5) is 2.44. The molecule has 0 saturated carbocycles. The van der Waals surface area contributed by atoms with E-state index in [1.807, 2.05) is 49.4 Å². The fourth-order valence-corrected chi connectivity index (χ4v) is 3.09. The number of sulfonamides is 1. The molecule has 0 fully saturated rings. The molecular formula is C18H16N2O2S. The fourth-order valence-electron chi connectivity index (χ4n) is 2.30. The minimum atomic E-state index is -3.65. The summed E-state index contributed by atoms with van der Waals surface area (Å²) in [6.07, 6.45) is 1.52. The van der Waals surface area contributed by atoms with Gasteiger partial charge in [0.15, 0.2) is 0 Å². The lowest BCUT2D eigenvalue weighted by molar-refractivity contribution is 0.584. The molecule has 0 radical (unpaired) electrons. The lowest BCUT2D eigenvalue weighted by Gasteiger charge is -2.04. The maximum absolute atomic E-state index is 12.2. The van der Waals surface area contributed by atoms with E-state index in [4.69, 9.17) is 0 Å². The minimum absolute atomic E-state index is 0.193. The maximum Gasteiger partial charge on any atom is 0.276 e. The number of hydrogen-bond acceptors (Lipinski definition) is 3. The maximum atomic E-state index is 12.2. The molecule has 0 bridgehead atoms. The molecule has 3 aromatic rings. The van der Waals surface area contributed by atoms with Gasteiger partial charge in [-0.05, 0) is 29.8 Å². The zero-order chi connectivity index (χ0) is 16.3. The quantitative estimate of drug-likeness (QED) is 0.590. The van der Waals surface area contributed by atoms with E-state index in [-0.39, 0.29) is 4.90 Å². The average Bonchev–Trinajstić information content (AvgIpc) is 2.55. The Kier molecular flexibility index (Phi) is 4.12. The van der Waals surface area contributed by atoms with Crippen molar-refractivity contribution in [1.82, 2.24) is 4.83 Å². The molecule has 1 N–H and O–H groups in total. The van der Waals surface area contributed by atoms with Gasteiger partial charge in [-0.3, -0.25) is 0 Å². The Bertz CT molecular complexity index is 956. The van der Waals surface area contributed by atoms with Crippen molar-refractivity contribution in [1.29, 1.82) is 0 Å². The molecule has 0 spiro atoms. The highest BCUT2D eigenvalue weighted by Gasteiger charge is 2.11. The first-order chi connectivity index (χ1) is 11.1. The average molecular weight is 324 g/mol. The molecule has 0 atom stereocenters. The molecule has 0 aliphatic carbocycles. The third-order valence-electron chi connectivity index (χ3n) is 3.53. The van der Waals surface area contributed by atoms with Gasteiger partial charge in [0.1, 0.15) is 0 Å². The summed E-state index contributed by atoms with van der Waals surface area (Å²) in [5.41, 5.74) is 1.86. The molecule has 4 nitrogen and oxygen atoms in total. The van der Waals surface area contributed by atoms with Gasteiger partial charge in [0.2, 0.25) is 0 Å². The molecule has 0 amide bonds. The summed E-state index contributed by atoms with van der Waals surface area (Å²) in [6.45, 7) is 1.91. The number of benzene rings is 3. The van der Waals surface area contributed by atoms with Crippen molar-refractivity contribution in [2.45, 2.75) is 11.8 Å². The normalized spacial score (nSPS) is 11.9. The van der Waals surface area contributed by atoms with E-state index in [0.717, 1.165) is 21.9 Å². The monoisotopic (exact) mass is 324 g/mol. The van der Waals surface area contributed by atoms with E-state index in [0.29, 0.717) is 0 Å². The largest absolute Gasteiger partial charge is 0.276 e. The Hall–Kier alpha value is -2.66. The Morgan fingerprint density at radius 3 is 2.39 bits per heavy atom. The van der Waals surface area contributed by atoms with Crippen molar-refractivity contribution in [2.24, 2.45) is 5.10 Å². The molecule has 5 heteroatoms. The smallest absolute Gasteiger partial charge is 0.200 e. The molecule has 116 valence electrons. The second-order valence-electron chi connectivity index (χ2n) is 5.23. The highest BCUT2D eigenvalue weighted by molar-refractivity contribution is 7.89. The van der Waals surface area contributed by atoms with Crippen LogP contribution in [0.3, 0.4) is 0 Å². The third-order valence-corrected chi connectivity index (χ3v) is 4.77. The summed E-state index contributed by atoms with van der Waals surface area (Å²) in [5, 5.41) is 6.00. The van der Waals surface area contributed by atoms with E-state index in [1.54, 1.807) is 24.3 Å². The molecule has 23 heavy (non-hydrogen) atoms. The molecule has 0 aliphatic rings. The van der Waals surface area contributed by atoms with Gasteiger partial charge < -0.3 is 0 Å². The third kappa shape index (κ3) is 3.40. The van der Waals surface area contributed by atoms with Crippen molar-refractivity contribution in [3.05, 3.63) is 77.9 Å². The first kappa shape index (κ1) is 15.2. The summed E-state index contributed by atoms with van der Waals surface area (Å²) >= 11 is 0. The Labute approximate surface area is 135 Å². The summed E-state index contributed by atoms with van der Waals surface area (Å²) < 4.78 is 24.3. The van der Waals surface area contributed by atoms with Crippen molar-refractivity contribution >= 4 is 27.0 Å². The number of nitrogens with one attached hydrogen (secondary N) is 1. The van der Waals surface area contributed by atoms with Gasteiger partial charge in [0.25, 0.3) is 10.0 Å². The zero-order valence-electron chi connectivity index (χ0n) is 12.6. The fraction of sp³-hybridized carbons (Fsp3) is 0.0556. The van der Waals surface area contributed by atoms with Crippen molar-refractivity contribution in [3.63, 3.8) is 0 Å². The van der Waals surface area contributed by atoms with Gasteiger partial charge in [0, 0.05) is 5.56 Å². The number of nitrogens with zero attached hydrogens (tertiary/aromatic N) is 1. The number of fused-ring (bicyclic) bond motifs is 1. The summed E-state index contributed by atoms with van der Waals surface area (Å²) in [6, 6.07) is 20.3. The van der Waals surface area contributed by atoms with Gasteiger partial charge in [-0.2, -0.15) is 13.5 Å². The number of aryl methyl sites for hydroxylation is 1. The van der Waals surface area contributed by atoms with Crippen LogP contribution in [-0.4, -0.2) is 14.6 Å². The summed E-state index contributed by atoms with van der Waals surface area (Å²) in [5.74, 6) is 0. The molecule has 0 aromatic heterocycles. The molecule has 3 rings (SSSR count). The standard InChI is InChI=1S/C18H16N2O2S/c1-14-9-11-17(12-10-14)23(21,22)20-19-13-16-7-4-6-15-5-2-3-8-18(15)16/h2-13,20H,1H3/b19-13+. The zero-order valence-corrected chi connectivity index (χ0v) is 13.4. The topological polar surface area (TPSA) is 58.5 Å². The van der Waals surface area contributed by atoms with Crippen LogP contribution in [0.25, 0.3) is 10.8 Å². The van der Waals surface area contributed by atoms with Crippen LogP contribution in [0, 0.1) is 6.92 Å². The highest BCUT2D eigenvalue weighted by atomic mass is 32.2. The Morgan fingerprint density at radius 2 is 1.61 bits per heavy atom. The Balaban J connectivity index is 1.84. The van der Waals surface area contributed by atoms with E-state index in [1.165, 1.54) is 6.21 Å². The first-order valence-corrected chi connectivity index (χ1v) is 8.64. The van der Waals surface area contributed by atoms with Crippen LogP contribution in [0.5, 0.6) is 0 Å². The lowest BCUT2D eigenvalue weighted by atomic mass is 10.1. The van der Waals surface area contributed by atoms with Gasteiger partial charge >= 0.3 is 0 Å². The first-order valence-electron chi connectivity index (χ1n) is 7.15. The molecule has 0 heterocycles. The number of rotatable bonds is 4. The van der Waals surface area contributed by atoms with E-state index in [2.05, 4.69) is 9.93 Å². The van der Waals surface area contributed by atoms with Crippen molar-refractivity contribution < 1.29 is 8.42 Å². The predicted octanol–water partition coefficient (Wildman–Crippen LogP) is 3.46. The van der Waals surface area contributed by atoms with E-state index < -0.39 is 10.0 Å². The predicted molar refractivity (Wildman–Crippen MR) is 93.0 cm³/mol.